The van der Waals surface area contributed by atoms with Crippen molar-refractivity contribution in [2.24, 2.45) is 5.73 Å². The Morgan fingerprint density at radius 2 is 1.56 bits per heavy atom. The molecule has 0 atom stereocenters. The topological polar surface area (TPSA) is 35.2 Å². The van der Waals surface area contributed by atoms with E-state index in [9.17, 15) is 0 Å². The smallest absolute Gasteiger partial charge is 0.127 e. The molecule has 3 heteroatoms. The molecular formula is C22H24ClNO. The predicted octanol–water partition coefficient (Wildman–Crippen LogP) is 5.43. The van der Waals surface area contributed by atoms with Crippen LogP contribution < -0.4 is 10.5 Å². The van der Waals surface area contributed by atoms with Gasteiger partial charge < -0.3 is 10.5 Å². The summed E-state index contributed by atoms with van der Waals surface area (Å²) >= 11 is 0. The molecule has 0 aliphatic heterocycles. The molecule has 0 spiro atoms. The van der Waals surface area contributed by atoms with Crippen LogP contribution in [0.3, 0.4) is 0 Å². The van der Waals surface area contributed by atoms with Crippen LogP contribution in [0.2, 0.25) is 0 Å². The van der Waals surface area contributed by atoms with Crippen molar-refractivity contribution in [2.75, 3.05) is 0 Å². The Kier molecular flexibility index (Phi) is 6.63. The summed E-state index contributed by atoms with van der Waals surface area (Å²) in [6, 6.07) is 23.0. The standard InChI is InChI=1S/C22H23NO.ClH/c1-16-8-9-17(2)21(12-16)20-11-10-19(14-23)13-22(20)24-15-18-6-4-3-5-7-18;/h3-13H,14-15,23H2,1-2H3;1H. The van der Waals surface area contributed by atoms with E-state index in [0.29, 0.717) is 13.2 Å². The van der Waals surface area contributed by atoms with Crippen molar-refractivity contribution in [3.8, 4) is 16.9 Å². The van der Waals surface area contributed by atoms with E-state index in [4.69, 9.17) is 10.5 Å². The van der Waals surface area contributed by atoms with E-state index in [1.165, 1.54) is 16.7 Å². The summed E-state index contributed by atoms with van der Waals surface area (Å²) in [5, 5.41) is 0. The van der Waals surface area contributed by atoms with Crippen molar-refractivity contribution in [3.05, 3.63) is 89.0 Å². The molecule has 0 saturated carbocycles. The predicted molar refractivity (Wildman–Crippen MR) is 107 cm³/mol. The first-order chi connectivity index (χ1) is 11.7. The third-order valence-corrected chi connectivity index (χ3v) is 4.20. The van der Waals surface area contributed by atoms with Gasteiger partial charge in [-0.05, 0) is 42.2 Å². The van der Waals surface area contributed by atoms with Crippen LogP contribution in [0.5, 0.6) is 5.75 Å². The van der Waals surface area contributed by atoms with Crippen LogP contribution in [0.25, 0.3) is 11.1 Å². The molecule has 0 fully saturated rings. The van der Waals surface area contributed by atoms with E-state index in [1.807, 2.05) is 18.2 Å². The maximum Gasteiger partial charge on any atom is 0.127 e. The Balaban J connectivity index is 0.00000225. The van der Waals surface area contributed by atoms with Gasteiger partial charge in [0.25, 0.3) is 0 Å². The molecule has 0 radical (unpaired) electrons. The summed E-state index contributed by atoms with van der Waals surface area (Å²) in [4.78, 5) is 0. The van der Waals surface area contributed by atoms with Crippen LogP contribution in [0, 0.1) is 13.8 Å². The SMILES string of the molecule is Cc1ccc(C)c(-c2ccc(CN)cc2OCc2ccccc2)c1.Cl. The molecule has 130 valence electrons. The monoisotopic (exact) mass is 353 g/mol. The Bertz CT molecular complexity index is 831. The summed E-state index contributed by atoms with van der Waals surface area (Å²) in [6.07, 6.45) is 0. The van der Waals surface area contributed by atoms with Crippen LogP contribution in [0.4, 0.5) is 0 Å². The molecular weight excluding hydrogens is 330 g/mol. The summed E-state index contributed by atoms with van der Waals surface area (Å²) in [7, 11) is 0. The largest absolute Gasteiger partial charge is 0.488 e. The molecule has 3 aromatic rings. The zero-order valence-corrected chi connectivity index (χ0v) is 15.5. The third-order valence-electron chi connectivity index (χ3n) is 4.20. The lowest BCUT2D eigenvalue weighted by Gasteiger charge is -2.15. The van der Waals surface area contributed by atoms with Gasteiger partial charge in [0, 0.05) is 12.1 Å². The fraction of sp³-hybridized carbons (Fsp3) is 0.182. The van der Waals surface area contributed by atoms with E-state index < -0.39 is 0 Å². The number of halogens is 1. The molecule has 0 aliphatic carbocycles. The van der Waals surface area contributed by atoms with Crippen LogP contribution in [-0.2, 0) is 13.2 Å². The average molecular weight is 354 g/mol. The van der Waals surface area contributed by atoms with E-state index in [2.05, 4.69) is 62.4 Å². The van der Waals surface area contributed by atoms with Gasteiger partial charge in [-0.3, -0.25) is 0 Å². The van der Waals surface area contributed by atoms with Crippen LogP contribution in [-0.4, -0.2) is 0 Å². The van der Waals surface area contributed by atoms with Crippen LogP contribution >= 0.6 is 12.4 Å². The summed E-state index contributed by atoms with van der Waals surface area (Å²) < 4.78 is 6.16. The first-order valence-electron chi connectivity index (χ1n) is 8.24. The van der Waals surface area contributed by atoms with E-state index in [-0.39, 0.29) is 12.4 Å². The third kappa shape index (κ3) is 4.62. The molecule has 0 aromatic heterocycles. The van der Waals surface area contributed by atoms with E-state index in [1.54, 1.807) is 0 Å². The fourth-order valence-corrected chi connectivity index (χ4v) is 2.80. The first-order valence-corrected chi connectivity index (χ1v) is 8.24. The number of aryl methyl sites for hydroxylation is 2. The minimum absolute atomic E-state index is 0. The maximum atomic E-state index is 6.16. The highest BCUT2D eigenvalue weighted by molar-refractivity contribution is 5.85. The molecule has 2 N–H and O–H groups in total. The van der Waals surface area contributed by atoms with E-state index >= 15 is 0 Å². The molecule has 3 rings (SSSR count). The second kappa shape index (κ2) is 8.70. The lowest BCUT2D eigenvalue weighted by Crippen LogP contribution is -2.01. The Morgan fingerprint density at radius 3 is 2.28 bits per heavy atom. The number of nitrogens with two attached hydrogens (primary N) is 1. The Labute approximate surface area is 156 Å². The van der Waals surface area contributed by atoms with Crippen LogP contribution in [0.15, 0.2) is 66.7 Å². The lowest BCUT2D eigenvalue weighted by atomic mass is 9.96. The molecule has 0 heterocycles. The summed E-state index contributed by atoms with van der Waals surface area (Å²) in [6.45, 7) is 5.30. The number of hydrogen-bond acceptors (Lipinski definition) is 2. The number of benzene rings is 3. The highest BCUT2D eigenvalue weighted by Crippen LogP contribution is 2.34. The zero-order valence-electron chi connectivity index (χ0n) is 14.7. The number of ether oxygens (including phenoxy) is 1. The van der Waals surface area contributed by atoms with Gasteiger partial charge in [-0.15, -0.1) is 12.4 Å². The van der Waals surface area contributed by atoms with Gasteiger partial charge >= 0.3 is 0 Å². The minimum Gasteiger partial charge on any atom is -0.488 e. The summed E-state index contributed by atoms with van der Waals surface area (Å²) in [5.74, 6) is 0.885. The highest BCUT2D eigenvalue weighted by Gasteiger charge is 2.10. The molecule has 25 heavy (non-hydrogen) atoms. The van der Waals surface area contributed by atoms with Gasteiger partial charge in [-0.25, -0.2) is 0 Å². The van der Waals surface area contributed by atoms with Crippen molar-refractivity contribution in [1.29, 1.82) is 0 Å². The lowest BCUT2D eigenvalue weighted by molar-refractivity contribution is 0.307. The quantitative estimate of drug-likeness (QED) is 0.663. The average Bonchev–Trinajstić information content (AvgIpc) is 2.62. The normalized spacial score (nSPS) is 10.2. The molecule has 0 unspecified atom stereocenters. The second-order valence-electron chi connectivity index (χ2n) is 6.13. The molecule has 0 saturated heterocycles. The van der Waals surface area contributed by atoms with Gasteiger partial charge in [-0.1, -0.05) is 66.2 Å². The van der Waals surface area contributed by atoms with Crippen molar-refractivity contribution in [3.63, 3.8) is 0 Å². The zero-order chi connectivity index (χ0) is 16.9. The van der Waals surface area contributed by atoms with Gasteiger partial charge in [-0.2, -0.15) is 0 Å². The maximum absolute atomic E-state index is 6.16. The molecule has 0 amide bonds. The Morgan fingerprint density at radius 1 is 0.800 bits per heavy atom. The highest BCUT2D eigenvalue weighted by atomic mass is 35.5. The van der Waals surface area contributed by atoms with Crippen molar-refractivity contribution >= 4 is 12.4 Å². The van der Waals surface area contributed by atoms with Gasteiger partial charge in [0.2, 0.25) is 0 Å². The van der Waals surface area contributed by atoms with Gasteiger partial charge in [0.15, 0.2) is 0 Å². The van der Waals surface area contributed by atoms with Crippen molar-refractivity contribution in [2.45, 2.75) is 27.0 Å². The van der Waals surface area contributed by atoms with Gasteiger partial charge in [0.1, 0.15) is 12.4 Å². The number of hydrogen-bond donors (Lipinski definition) is 1. The molecule has 0 bridgehead atoms. The molecule has 3 aromatic carbocycles. The van der Waals surface area contributed by atoms with Gasteiger partial charge in [0.05, 0.1) is 0 Å². The van der Waals surface area contributed by atoms with E-state index in [0.717, 1.165) is 22.4 Å². The first kappa shape index (κ1) is 19.0. The summed E-state index contributed by atoms with van der Waals surface area (Å²) in [5.41, 5.74) is 12.9. The Hall–Kier alpha value is -2.29. The fourth-order valence-electron chi connectivity index (χ4n) is 2.80. The number of rotatable bonds is 5. The van der Waals surface area contributed by atoms with Crippen molar-refractivity contribution < 1.29 is 4.74 Å². The van der Waals surface area contributed by atoms with Crippen molar-refractivity contribution in [1.82, 2.24) is 0 Å². The minimum atomic E-state index is 0. The molecule has 2 nitrogen and oxygen atoms in total. The molecule has 0 aliphatic rings. The van der Waals surface area contributed by atoms with Crippen LogP contribution in [0.1, 0.15) is 22.3 Å². The second-order valence-corrected chi connectivity index (χ2v) is 6.13.